The van der Waals surface area contributed by atoms with Crippen LogP contribution < -0.4 is 0 Å². The van der Waals surface area contributed by atoms with Crippen molar-refractivity contribution in [3.63, 3.8) is 0 Å². The molecule has 25 heavy (non-hydrogen) atoms. The van der Waals surface area contributed by atoms with E-state index in [9.17, 15) is 9.18 Å². The van der Waals surface area contributed by atoms with Crippen molar-refractivity contribution in [2.45, 2.75) is 31.7 Å². The van der Waals surface area contributed by atoms with Crippen LogP contribution in [0.5, 0.6) is 0 Å². The highest BCUT2D eigenvalue weighted by molar-refractivity contribution is 7.99. The van der Waals surface area contributed by atoms with Crippen molar-refractivity contribution in [3.8, 4) is 11.1 Å². The first-order chi connectivity index (χ1) is 12.0. The molecule has 0 unspecified atom stereocenters. The van der Waals surface area contributed by atoms with Gasteiger partial charge in [-0.3, -0.25) is 4.79 Å². The van der Waals surface area contributed by atoms with E-state index in [1.807, 2.05) is 13.8 Å². The minimum Gasteiger partial charge on any atom is -0.481 e. The number of benzene rings is 1. The number of carboxylic acids is 1. The van der Waals surface area contributed by atoms with Crippen LogP contribution in [0, 0.1) is 19.7 Å². The molecule has 3 rings (SSSR count). The van der Waals surface area contributed by atoms with E-state index in [2.05, 4.69) is 9.97 Å². The van der Waals surface area contributed by atoms with Crippen LogP contribution in [-0.4, -0.2) is 26.8 Å². The van der Waals surface area contributed by atoms with Gasteiger partial charge in [0.15, 0.2) is 0 Å². The molecule has 3 aromatic rings. The van der Waals surface area contributed by atoms with Crippen molar-refractivity contribution >= 4 is 39.3 Å². The summed E-state index contributed by atoms with van der Waals surface area (Å²) in [5.41, 5.74) is 1.96. The predicted octanol–water partition coefficient (Wildman–Crippen LogP) is 5.07. The normalized spacial score (nSPS) is 11.2. The Hall–Kier alpha value is -1.99. The number of aliphatic carboxylic acids is 1. The summed E-state index contributed by atoms with van der Waals surface area (Å²) in [6.07, 6.45) is 0.729. The highest BCUT2D eigenvalue weighted by atomic mass is 32.2. The topological polar surface area (TPSA) is 63.1 Å². The minimum absolute atomic E-state index is 0.147. The first-order valence-corrected chi connectivity index (χ1v) is 9.64. The maximum Gasteiger partial charge on any atom is 0.303 e. The molecule has 0 bridgehead atoms. The van der Waals surface area contributed by atoms with E-state index < -0.39 is 5.97 Å². The number of hydrogen-bond donors (Lipinski definition) is 1. The van der Waals surface area contributed by atoms with E-state index in [-0.39, 0.29) is 12.2 Å². The first-order valence-electron chi connectivity index (χ1n) is 7.84. The van der Waals surface area contributed by atoms with Gasteiger partial charge in [0.1, 0.15) is 21.5 Å². The van der Waals surface area contributed by atoms with E-state index in [1.54, 1.807) is 35.2 Å². The van der Waals surface area contributed by atoms with Gasteiger partial charge in [-0.25, -0.2) is 14.4 Å². The van der Waals surface area contributed by atoms with Gasteiger partial charge >= 0.3 is 5.97 Å². The SMILES string of the molecule is Cc1nc(SCCCC(=O)O)c2c(-c3ccc(F)cc3)c(C)sc2n1. The molecule has 7 heteroatoms. The third-order valence-corrected chi connectivity index (χ3v) is 5.77. The Balaban J connectivity index is 2.03. The quantitative estimate of drug-likeness (QED) is 0.370. The molecule has 0 aliphatic rings. The maximum absolute atomic E-state index is 13.3. The van der Waals surface area contributed by atoms with Gasteiger partial charge < -0.3 is 5.11 Å². The second-order valence-corrected chi connectivity index (χ2v) is 7.93. The van der Waals surface area contributed by atoms with E-state index in [1.165, 1.54) is 12.1 Å². The van der Waals surface area contributed by atoms with Gasteiger partial charge in [-0.1, -0.05) is 12.1 Å². The zero-order chi connectivity index (χ0) is 18.0. The Morgan fingerprint density at radius 1 is 1.24 bits per heavy atom. The number of halogens is 1. The molecule has 0 fully saturated rings. The predicted molar refractivity (Wildman–Crippen MR) is 99.9 cm³/mol. The van der Waals surface area contributed by atoms with Gasteiger partial charge in [0.25, 0.3) is 0 Å². The highest BCUT2D eigenvalue weighted by Gasteiger charge is 2.18. The monoisotopic (exact) mass is 376 g/mol. The van der Waals surface area contributed by atoms with E-state index in [4.69, 9.17) is 5.11 Å². The van der Waals surface area contributed by atoms with Crippen LogP contribution >= 0.6 is 23.1 Å². The number of hydrogen-bond acceptors (Lipinski definition) is 5. The molecule has 0 amide bonds. The molecule has 2 heterocycles. The lowest BCUT2D eigenvalue weighted by Crippen LogP contribution is -1.96. The van der Waals surface area contributed by atoms with Crippen LogP contribution in [0.2, 0.25) is 0 Å². The smallest absolute Gasteiger partial charge is 0.303 e. The third-order valence-electron chi connectivity index (χ3n) is 3.71. The molecule has 0 radical (unpaired) electrons. The standard InChI is InChI=1S/C18H17FN2O2S2/c1-10-15(12-5-7-13(19)8-6-12)16-17(24-9-3-4-14(22)23)20-11(2)21-18(16)25-10/h5-8H,3-4,9H2,1-2H3,(H,22,23). The largest absolute Gasteiger partial charge is 0.481 e. The van der Waals surface area contributed by atoms with E-state index in [0.717, 1.165) is 31.2 Å². The van der Waals surface area contributed by atoms with Gasteiger partial charge in [-0.05, 0) is 38.0 Å². The Labute approximate surface area is 153 Å². The fourth-order valence-corrected chi connectivity index (χ4v) is 4.82. The zero-order valence-corrected chi connectivity index (χ0v) is 15.5. The number of aromatic nitrogens is 2. The van der Waals surface area contributed by atoms with Gasteiger partial charge in [0.05, 0.1) is 5.39 Å². The molecule has 0 spiro atoms. The lowest BCUT2D eigenvalue weighted by Gasteiger charge is -2.07. The van der Waals surface area contributed by atoms with Crippen molar-refractivity contribution in [3.05, 3.63) is 40.8 Å². The molecule has 1 N–H and O–H groups in total. The molecule has 0 saturated heterocycles. The van der Waals surface area contributed by atoms with Crippen molar-refractivity contribution in [2.75, 3.05) is 5.75 Å². The summed E-state index contributed by atoms with van der Waals surface area (Å²) < 4.78 is 13.3. The molecule has 0 atom stereocenters. The summed E-state index contributed by atoms with van der Waals surface area (Å²) in [6, 6.07) is 6.44. The van der Waals surface area contributed by atoms with Crippen LogP contribution in [0.15, 0.2) is 29.3 Å². The summed E-state index contributed by atoms with van der Waals surface area (Å²) in [7, 11) is 0. The summed E-state index contributed by atoms with van der Waals surface area (Å²) in [5.74, 6) is 0.315. The van der Waals surface area contributed by atoms with Crippen molar-refractivity contribution in [1.82, 2.24) is 9.97 Å². The average molecular weight is 376 g/mol. The molecule has 0 saturated carbocycles. The van der Waals surface area contributed by atoms with E-state index in [0.29, 0.717) is 18.0 Å². The van der Waals surface area contributed by atoms with Gasteiger partial charge in [-0.15, -0.1) is 23.1 Å². The Bertz CT molecular complexity index is 923. The van der Waals surface area contributed by atoms with Gasteiger partial charge in [-0.2, -0.15) is 0 Å². The minimum atomic E-state index is -0.789. The molecule has 4 nitrogen and oxygen atoms in total. The highest BCUT2D eigenvalue weighted by Crippen LogP contribution is 2.41. The average Bonchev–Trinajstić information content (AvgIpc) is 2.88. The van der Waals surface area contributed by atoms with Crippen molar-refractivity contribution in [1.29, 1.82) is 0 Å². The summed E-state index contributed by atoms with van der Waals surface area (Å²) >= 11 is 3.15. The number of thioether (sulfide) groups is 1. The Morgan fingerprint density at radius 3 is 2.64 bits per heavy atom. The molecular formula is C18H17FN2O2S2. The summed E-state index contributed by atoms with van der Waals surface area (Å²) in [4.78, 5) is 21.8. The lowest BCUT2D eigenvalue weighted by atomic mass is 10.0. The zero-order valence-electron chi connectivity index (χ0n) is 13.9. The lowest BCUT2D eigenvalue weighted by molar-refractivity contribution is -0.137. The molecule has 0 aliphatic heterocycles. The number of aryl methyl sites for hydroxylation is 2. The second kappa shape index (κ2) is 7.49. The van der Waals surface area contributed by atoms with Crippen molar-refractivity contribution in [2.24, 2.45) is 0 Å². The number of carboxylic acid groups (broad SMARTS) is 1. The fourth-order valence-electron chi connectivity index (χ4n) is 2.64. The first kappa shape index (κ1) is 17.8. The van der Waals surface area contributed by atoms with Gasteiger partial charge in [0, 0.05) is 22.6 Å². The van der Waals surface area contributed by atoms with Crippen LogP contribution in [0.3, 0.4) is 0 Å². The molecule has 0 aliphatic carbocycles. The summed E-state index contributed by atoms with van der Waals surface area (Å²) in [5, 5.41) is 10.6. The third kappa shape index (κ3) is 3.99. The number of carbonyl (C=O) groups is 1. The van der Waals surface area contributed by atoms with Gasteiger partial charge in [0.2, 0.25) is 0 Å². The number of fused-ring (bicyclic) bond motifs is 1. The maximum atomic E-state index is 13.3. The molecule has 2 aromatic heterocycles. The Kier molecular flexibility index (Phi) is 5.34. The van der Waals surface area contributed by atoms with Crippen LogP contribution in [0.1, 0.15) is 23.5 Å². The number of nitrogens with zero attached hydrogens (tertiary/aromatic N) is 2. The molecule has 1 aromatic carbocycles. The fraction of sp³-hybridized carbons (Fsp3) is 0.278. The second-order valence-electron chi connectivity index (χ2n) is 5.64. The van der Waals surface area contributed by atoms with Crippen LogP contribution in [0.4, 0.5) is 4.39 Å². The Morgan fingerprint density at radius 2 is 1.96 bits per heavy atom. The number of rotatable bonds is 6. The van der Waals surface area contributed by atoms with Crippen LogP contribution in [0.25, 0.3) is 21.3 Å². The van der Waals surface area contributed by atoms with E-state index >= 15 is 0 Å². The molecular weight excluding hydrogens is 359 g/mol. The summed E-state index contributed by atoms with van der Waals surface area (Å²) in [6.45, 7) is 3.88. The number of thiophene rings is 1. The molecule has 130 valence electrons. The van der Waals surface area contributed by atoms with Crippen LogP contribution in [-0.2, 0) is 4.79 Å². The van der Waals surface area contributed by atoms with Crippen molar-refractivity contribution < 1.29 is 14.3 Å².